The van der Waals surface area contributed by atoms with Gasteiger partial charge in [-0.05, 0) is 70.6 Å². The van der Waals surface area contributed by atoms with Crippen LogP contribution in [0.15, 0.2) is 0 Å². The van der Waals surface area contributed by atoms with Crippen molar-refractivity contribution in [1.29, 1.82) is 0 Å². The van der Waals surface area contributed by atoms with Crippen LogP contribution >= 0.6 is 15.9 Å². The number of carbonyl (C=O) groups is 2. The van der Waals surface area contributed by atoms with Crippen LogP contribution in [-0.2, 0) is 14.3 Å². The minimum Gasteiger partial charge on any atom is -0.455 e. The molecule has 0 aliphatic heterocycles. The second kappa shape index (κ2) is 5.75. The second-order valence-corrected chi connectivity index (χ2v) is 10.4. The predicted octanol–water partition coefficient (Wildman–Crippen LogP) is 3.57. The zero-order valence-corrected chi connectivity index (χ0v) is 16.0. The van der Waals surface area contributed by atoms with Crippen LogP contribution in [0, 0.1) is 17.3 Å². The lowest BCUT2D eigenvalue weighted by Crippen LogP contribution is -2.56. The lowest BCUT2D eigenvalue weighted by Gasteiger charge is -2.58. The number of carbonyl (C=O) groups excluding carboxylic acids is 2. The highest BCUT2D eigenvalue weighted by Crippen LogP contribution is 2.64. The lowest BCUT2D eigenvalue weighted by molar-refractivity contribution is -0.171. The van der Waals surface area contributed by atoms with Gasteiger partial charge >= 0.3 is 5.97 Å². The van der Waals surface area contributed by atoms with Crippen LogP contribution in [0.25, 0.3) is 0 Å². The fourth-order valence-corrected chi connectivity index (χ4v) is 6.63. The van der Waals surface area contributed by atoms with Gasteiger partial charge in [0.05, 0.1) is 5.41 Å². The number of halogens is 1. The maximum Gasteiger partial charge on any atom is 0.312 e. The van der Waals surface area contributed by atoms with E-state index in [0.717, 1.165) is 25.7 Å². The first kappa shape index (κ1) is 17.2. The van der Waals surface area contributed by atoms with Crippen LogP contribution in [0.2, 0.25) is 0 Å². The van der Waals surface area contributed by atoms with Crippen molar-refractivity contribution >= 4 is 27.8 Å². The van der Waals surface area contributed by atoms with Crippen LogP contribution < -0.4 is 5.32 Å². The van der Waals surface area contributed by atoms with Crippen molar-refractivity contribution in [1.82, 2.24) is 5.32 Å². The third-order valence-corrected chi connectivity index (χ3v) is 7.05. The van der Waals surface area contributed by atoms with Gasteiger partial charge < -0.3 is 10.1 Å². The summed E-state index contributed by atoms with van der Waals surface area (Å²) in [5.41, 5.74) is -0.613. The predicted molar refractivity (Wildman–Crippen MR) is 92.2 cm³/mol. The highest BCUT2D eigenvalue weighted by atomic mass is 79.9. The quantitative estimate of drug-likeness (QED) is 0.581. The first-order valence-corrected chi connectivity index (χ1v) is 9.62. The van der Waals surface area contributed by atoms with Gasteiger partial charge in [-0.3, -0.25) is 9.59 Å². The Morgan fingerprint density at radius 1 is 1.22 bits per heavy atom. The van der Waals surface area contributed by atoms with Crippen LogP contribution in [0.3, 0.4) is 0 Å². The van der Waals surface area contributed by atoms with Gasteiger partial charge in [0.1, 0.15) is 0 Å². The third kappa shape index (κ3) is 3.45. The van der Waals surface area contributed by atoms with Crippen molar-refractivity contribution in [3.8, 4) is 0 Å². The van der Waals surface area contributed by atoms with E-state index < -0.39 is 0 Å². The molecule has 4 saturated carbocycles. The first-order valence-electron chi connectivity index (χ1n) is 8.83. The van der Waals surface area contributed by atoms with E-state index in [2.05, 4.69) is 21.2 Å². The Kier molecular flexibility index (Phi) is 4.31. The molecule has 5 heteroatoms. The van der Waals surface area contributed by atoms with Crippen molar-refractivity contribution in [2.75, 3.05) is 6.61 Å². The van der Waals surface area contributed by atoms with Crippen molar-refractivity contribution < 1.29 is 14.3 Å². The molecule has 0 saturated heterocycles. The van der Waals surface area contributed by atoms with E-state index >= 15 is 0 Å². The van der Waals surface area contributed by atoms with Crippen LogP contribution in [0.1, 0.15) is 65.7 Å². The minimum atomic E-state index is -0.353. The average Bonchev–Trinajstić information content (AvgIpc) is 2.41. The number of hydrogen-bond acceptors (Lipinski definition) is 3. The van der Waals surface area contributed by atoms with E-state index in [9.17, 15) is 9.59 Å². The summed E-state index contributed by atoms with van der Waals surface area (Å²) in [4.78, 5) is 24.8. The number of rotatable bonds is 5. The monoisotopic (exact) mass is 385 g/mol. The number of ether oxygens (including phenoxy) is 1. The molecule has 1 amide bonds. The van der Waals surface area contributed by atoms with Gasteiger partial charge in [-0.2, -0.15) is 0 Å². The van der Waals surface area contributed by atoms with E-state index in [1.807, 2.05) is 20.8 Å². The molecule has 130 valence electrons. The van der Waals surface area contributed by atoms with E-state index in [-0.39, 0.29) is 33.8 Å². The van der Waals surface area contributed by atoms with Crippen LogP contribution in [-0.4, -0.2) is 28.3 Å². The SMILES string of the molecule is CCC(C)(C)NC(=O)COC(=O)C12C[C@@H]3C[C@H](CC(Br)(C3)C1)C2. The molecule has 4 nitrogen and oxygen atoms in total. The Balaban J connectivity index is 1.60. The summed E-state index contributed by atoms with van der Waals surface area (Å²) in [5.74, 6) is 0.912. The minimum absolute atomic E-state index is 0.128. The first-order chi connectivity index (χ1) is 10.7. The molecule has 4 aliphatic rings. The van der Waals surface area contributed by atoms with E-state index in [1.54, 1.807) is 0 Å². The lowest BCUT2D eigenvalue weighted by atomic mass is 9.49. The maximum absolute atomic E-state index is 12.8. The zero-order chi connectivity index (χ0) is 16.9. The summed E-state index contributed by atoms with van der Waals surface area (Å²) in [5, 5.41) is 2.92. The molecule has 0 radical (unpaired) electrons. The molecule has 0 aromatic heterocycles. The van der Waals surface area contributed by atoms with Gasteiger partial charge in [0.25, 0.3) is 5.91 Å². The molecule has 1 N–H and O–H groups in total. The second-order valence-electron chi connectivity index (χ2n) is 8.75. The molecule has 0 aromatic rings. The van der Waals surface area contributed by atoms with E-state index in [0.29, 0.717) is 11.8 Å². The molecule has 0 aromatic carbocycles. The fraction of sp³-hybridized carbons (Fsp3) is 0.889. The molecule has 23 heavy (non-hydrogen) atoms. The Morgan fingerprint density at radius 3 is 2.35 bits per heavy atom. The topological polar surface area (TPSA) is 55.4 Å². The van der Waals surface area contributed by atoms with Crippen LogP contribution in [0.4, 0.5) is 0 Å². The molecule has 4 bridgehead atoms. The standard InChI is InChI=1S/C18H28BrNO3/c1-4-16(2,3)20-14(21)10-23-15(22)17-6-12-5-13(7-17)9-18(19,8-12)11-17/h12-13H,4-11H2,1-3H3,(H,20,21)/t12-,13-,17?,18?/m0/s1. The van der Waals surface area contributed by atoms with Gasteiger partial charge in [0.15, 0.2) is 6.61 Å². The van der Waals surface area contributed by atoms with E-state index in [1.165, 1.54) is 19.3 Å². The normalized spacial score (nSPS) is 38.4. The van der Waals surface area contributed by atoms with Crippen LogP contribution in [0.5, 0.6) is 0 Å². The highest BCUT2D eigenvalue weighted by Gasteiger charge is 2.60. The zero-order valence-electron chi connectivity index (χ0n) is 14.4. The number of alkyl halides is 1. The Morgan fingerprint density at radius 2 is 1.83 bits per heavy atom. The Bertz CT molecular complexity index is 502. The van der Waals surface area contributed by atoms with Crippen molar-refractivity contribution in [2.45, 2.75) is 75.6 Å². The molecular weight excluding hydrogens is 358 g/mol. The van der Waals surface area contributed by atoms with Gasteiger partial charge in [-0.1, -0.05) is 22.9 Å². The molecular formula is C18H28BrNO3. The summed E-state index contributed by atoms with van der Waals surface area (Å²) >= 11 is 3.90. The molecule has 0 heterocycles. The Labute approximate surface area is 147 Å². The van der Waals surface area contributed by atoms with Gasteiger partial charge in [-0.25, -0.2) is 0 Å². The third-order valence-electron chi connectivity index (χ3n) is 6.12. The maximum atomic E-state index is 12.8. The number of nitrogens with one attached hydrogen (secondary N) is 1. The fourth-order valence-electron chi connectivity index (χ4n) is 5.18. The molecule has 0 spiro atoms. The smallest absolute Gasteiger partial charge is 0.312 e. The molecule has 2 atom stereocenters. The summed E-state index contributed by atoms with van der Waals surface area (Å²) in [6, 6.07) is 0. The summed E-state index contributed by atoms with van der Waals surface area (Å²) in [6.45, 7) is 5.81. The van der Waals surface area contributed by atoms with Crippen molar-refractivity contribution in [3.63, 3.8) is 0 Å². The molecule has 4 fully saturated rings. The van der Waals surface area contributed by atoms with Gasteiger partial charge in [-0.15, -0.1) is 0 Å². The summed E-state index contributed by atoms with van der Waals surface area (Å²) in [7, 11) is 0. The average molecular weight is 386 g/mol. The van der Waals surface area contributed by atoms with Crippen molar-refractivity contribution in [2.24, 2.45) is 17.3 Å². The largest absolute Gasteiger partial charge is 0.455 e. The van der Waals surface area contributed by atoms with Crippen molar-refractivity contribution in [3.05, 3.63) is 0 Å². The summed E-state index contributed by atoms with van der Waals surface area (Å²) < 4.78 is 5.58. The Hall–Kier alpha value is -0.580. The number of amides is 1. The molecule has 4 rings (SSSR count). The summed E-state index contributed by atoms with van der Waals surface area (Å²) in [6.07, 6.45) is 7.22. The highest BCUT2D eigenvalue weighted by molar-refractivity contribution is 9.10. The number of hydrogen-bond donors (Lipinski definition) is 1. The molecule has 4 aliphatic carbocycles. The van der Waals surface area contributed by atoms with Gasteiger partial charge in [0.2, 0.25) is 0 Å². The molecule has 0 unspecified atom stereocenters. The number of esters is 1. The van der Waals surface area contributed by atoms with Gasteiger partial charge in [0, 0.05) is 9.86 Å². The van der Waals surface area contributed by atoms with E-state index in [4.69, 9.17) is 4.74 Å².